The number of carbonyl (C=O) groups is 1. The molecular weight excluding hydrogens is 480 g/mol. The van der Waals surface area contributed by atoms with E-state index in [1.807, 2.05) is 45.9 Å². The van der Waals surface area contributed by atoms with Crippen LogP contribution in [0, 0.1) is 11.6 Å². The summed E-state index contributed by atoms with van der Waals surface area (Å²) in [6, 6.07) is 8.50. The van der Waals surface area contributed by atoms with Gasteiger partial charge in [-0.3, -0.25) is 9.20 Å². The van der Waals surface area contributed by atoms with E-state index in [4.69, 9.17) is 9.47 Å². The topological polar surface area (TPSA) is 89.8 Å². The van der Waals surface area contributed by atoms with Crippen LogP contribution in [-0.2, 0) is 16.0 Å². The fraction of sp³-hybridized carbons (Fsp3) is 0.296. The number of hydrogen-bond donors (Lipinski definition) is 2. The lowest BCUT2D eigenvalue weighted by molar-refractivity contribution is -0.152. The second kappa shape index (κ2) is 10.4. The molecule has 0 aliphatic rings. The summed E-state index contributed by atoms with van der Waals surface area (Å²) in [4.78, 5) is 20.9. The molecule has 0 spiro atoms. The van der Waals surface area contributed by atoms with Crippen molar-refractivity contribution < 1.29 is 23.0 Å². The normalized spacial score (nSPS) is 11.4. The van der Waals surface area contributed by atoms with Gasteiger partial charge in [0.05, 0.1) is 19.0 Å². The molecule has 0 fully saturated rings. The van der Waals surface area contributed by atoms with Crippen LogP contribution < -0.4 is 15.4 Å². The number of halogens is 2. The van der Waals surface area contributed by atoms with Gasteiger partial charge in [0.25, 0.3) is 0 Å². The van der Waals surface area contributed by atoms with Crippen molar-refractivity contribution in [2.45, 2.75) is 39.7 Å². The molecule has 8 nitrogen and oxygen atoms in total. The van der Waals surface area contributed by atoms with Crippen molar-refractivity contribution in [2.75, 3.05) is 24.3 Å². The number of fused-ring (bicyclic) bond motifs is 1. The van der Waals surface area contributed by atoms with Gasteiger partial charge in [-0.2, -0.15) is 4.39 Å². The van der Waals surface area contributed by atoms with Gasteiger partial charge in [0.15, 0.2) is 23.0 Å². The lowest BCUT2D eigenvalue weighted by Crippen LogP contribution is -2.28. The quantitative estimate of drug-likeness (QED) is 0.293. The Morgan fingerprint density at radius 3 is 2.59 bits per heavy atom. The Bertz CT molecular complexity index is 1450. The maximum Gasteiger partial charge on any atom is 0.325 e. The number of rotatable bonds is 8. The third-order valence-electron chi connectivity index (χ3n) is 5.56. The Morgan fingerprint density at radius 2 is 1.89 bits per heavy atom. The Morgan fingerprint density at radius 1 is 1.11 bits per heavy atom. The molecular formula is C27H29F2N5O3. The van der Waals surface area contributed by atoms with Crippen molar-refractivity contribution in [3.8, 4) is 17.0 Å². The summed E-state index contributed by atoms with van der Waals surface area (Å²) in [5.74, 6) is -2.14. The number of anilines is 3. The van der Waals surface area contributed by atoms with Gasteiger partial charge >= 0.3 is 5.97 Å². The van der Waals surface area contributed by atoms with Crippen molar-refractivity contribution in [3.05, 3.63) is 66.1 Å². The van der Waals surface area contributed by atoms with Gasteiger partial charge in [0.2, 0.25) is 5.82 Å². The summed E-state index contributed by atoms with van der Waals surface area (Å²) in [6.45, 7) is 7.54. The Kier molecular flexibility index (Phi) is 7.28. The van der Waals surface area contributed by atoms with Crippen molar-refractivity contribution in [3.63, 3.8) is 0 Å². The molecule has 0 radical (unpaired) electrons. The summed E-state index contributed by atoms with van der Waals surface area (Å²) in [5, 5.41) is 6.39. The van der Waals surface area contributed by atoms with E-state index in [1.165, 1.54) is 25.4 Å². The molecule has 37 heavy (non-hydrogen) atoms. The van der Waals surface area contributed by atoms with Gasteiger partial charge in [-0.05, 0) is 63.1 Å². The Hall–Kier alpha value is -4.21. The van der Waals surface area contributed by atoms with Crippen molar-refractivity contribution in [2.24, 2.45) is 0 Å². The Balaban J connectivity index is 1.58. The molecule has 0 aliphatic heterocycles. The number of imidazole rings is 1. The lowest BCUT2D eigenvalue weighted by atomic mass is 10.1. The van der Waals surface area contributed by atoms with Crippen LogP contribution in [0.2, 0.25) is 0 Å². The molecule has 2 aromatic heterocycles. The standard InChI is InChI=1S/C27H29F2N5O3/c1-6-16-13-17(7-9-19(16)31-15-22(35)37-27(2,3)4)33-25-26-32-14-20(34(26)12-11-30-25)18-8-10-21(36-5)24(29)23(18)28/h7-14,31H,6,15H2,1-5H3,(H,30,33). The van der Waals surface area contributed by atoms with Crippen LogP contribution in [0.3, 0.4) is 0 Å². The molecule has 0 bridgehead atoms. The number of methoxy groups -OCH3 is 1. The number of hydrogen-bond acceptors (Lipinski definition) is 7. The maximum atomic E-state index is 14.7. The predicted molar refractivity (Wildman–Crippen MR) is 138 cm³/mol. The first-order valence-corrected chi connectivity index (χ1v) is 11.8. The van der Waals surface area contributed by atoms with Crippen LogP contribution in [0.4, 0.5) is 26.0 Å². The van der Waals surface area contributed by atoms with Gasteiger partial charge in [0, 0.05) is 29.3 Å². The number of carbonyl (C=O) groups excluding carboxylic acids is 1. The minimum Gasteiger partial charge on any atom is -0.494 e. The summed E-state index contributed by atoms with van der Waals surface area (Å²) < 4.78 is 40.9. The van der Waals surface area contributed by atoms with Crippen molar-refractivity contribution >= 4 is 28.8 Å². The van der Waals surface area contributed by atoms with Crippen LogP contribution in [0.25, 0.3) is 16.9 Å². The third kappa shape index (κ3) is 5.63. The van der Waals surface area contributed by atoms with Gasteiger partial charge in [-0.1, -0.05) is 6.92 Å². The number of nitrogens with zero attached hydrogens (tertiary/aromatic N) is 3. The minimum atomic E-state index is -1.06. The van der Waals surface area contributed by atoms with Crippen LogP contribution in [0.5, 0.6) is 5.75 Å². The monoisotopic (exact) mass is 509 g/mol. The van der Waals surface area contributed by atoms with Gasteiger partial charge < -0.3 is 20.1 Å². The van der Waals surface area contributed by atoms with Gasteiger partial charge in [-0.15, -0.1) is 0 Å². The zero-order valence-corrected chi connectivity index (χ0v) is 21.4. The number of ether oxygens (including phenoxy) is 2. The average molecular weight is 510 g/mol. The summed E-state index contributed by atoms with van der Waals surface area (Å²) in [7, 11) is 1.28. The first kappa shape index (κ1) is 25.9. The van der Waals surface area contributed by atoms with Gasteiger partial charge in [0.1, 0.15) is 12.1 Å². The molecule has 0 atom stereocenters. The molecule has 0 unspecified atom stereocenters. The lowest BCUT2D eigenvalue weighted by Gasteiger charge is -2.20. The molecule has 2 heterocycles. The number of esters is 1. The minimum absolute atomic E-state index is 0.0524. The summed E-state index contributed by atoms with van der Waals surface area (Å²) >= 11 is 0. The van der Waals surface area contributed by atoms with Crippen molar-refractivity contribution in [1.29, 1.82) is 0 Å². The van der Waals surface area contributed by atoms with Gasteiger partial charge in [-0.25, -0.2) is 14.4 Å². The fourth-order valence-electron chi connectivity index (χ4n) is 3.91. The first-order valence-electron chi connectivity index (χ1n) is 11.8. The summed E-state index contributed by atoms with van der Waals surface area (Å²) in [5.41, 5.74) is 2.89. The van der Waals surface area contributed by atoms with Crippen LogP contribution >= 0.6 is 0 Å². The first-order chi connectivity index (χ1) is 17.6. The number of aromatic nitrogens is 3. The zero-order valence-electron chi connectivity index (χ0n) is 21.4. The molecule has 0 aliphatic carbocycles. The highest BCUT2D eigenvalue weighted by Crippen LogP contribution is 2.32. The molecule has 2 N–H and O–H groups in total. The highest BCUT2D eigenvalue weighted by Gasteiger charge is 2.19. The highest BCUT2D eigenvalue weighted by atomic mass is 19.2. The average Bonchev–Trinajstić information content (AvgIpc) is 3.28. The molecule has 4 rings (SSSR count). The van der Waals surface area contributed by atoms with E-state index in [2.05, 4.69) is 20.6 Å². The smallest absolute Gasteiger partial charge is 0.325 e. The molecule has 0 amide bonds. The zero-order chi connectivity index (χ0) is 26.7. The van der Waals surface area contributed by atoms with Crippen LogP contribution in [0.15, 0.2) is 48.9 Å². The second-order valence-electron chi connectivity index (χ2n) is 9.35. The largest absolute Gasteiger partial charge is 0.494 e. The molecule has 0 saturated heterocycles. The van der Waals surface area contributed by atoms with Crippen molar-refractivity contribution in [1.82, 2.24) is 14.4 Å². The van der Waals surface area contributed by atoms with Crippen LogP contribution in [-0.4, -0.2) is 39.6 Å². The van der Waals surface area contributed by atoms with E-state index in [9.17, 15) is 13.6 Å². The number of benzene rings is 2. The SMILES string of the molecule is CCc1cc(Nc2nccn3c(-c4ccc(OC)c(F)c4F)cnc23)ccc1NCC(=O)OC(C)(C)C. The van der Waals surface area contributed by atoms with E-state index >= 15 is 0 Å². The molecule has 0 saturated carbocycles. The highest BCUT2D eigenvalue weighted by molar-refractivity contribution is 5.78. The second-order valence-corrected chi connectivity index (χ2v) is 9.35. The third-order valence-corrected chi connectivity index (χ3v) is 5.56. The van der Waals surface area contributed by atoms with E-state index in [-0.39, 0.29) is 23.8 Å². The maximum absolute atomic E-state index is 14.7. The summed E-state index contributed by atoms with van der Waals surface area (Å²) in [6.07, 6.45) is 5.37. The van der Waals surface area contributed by atoms with E-state index in [0.717, 1.165) is 23.4 Å². The van der Waals surface area contributed by atoms with E-state index in [1.54, 1.807) is 16.8 Å². The molecule has 4 aromatic rings. The number of aryl methyl sites for hydroxylation is 1. The van der Waals surface area contributed by atoms with E-state index in [0.29, 0.717) is 17.2 Å². The number of nitrogens with one attached hydrogen (secondary N) is 2. The molecule has 10 heteroatoms. The predicted octanol–water partition coefficient (Wildman–Crippen LogP) is 5.74. The Labute approximate surface area is 213 Å². The van der Waals surface area contributed by atoms with Crippen LogP contribution in [0.1, 0.15) is 33.3 Å². The molecule has 194 valence electrons. The molecule has 2 aromatic carbocycles. The fourth-order valence-corrected chi connectivity index (χ4v) is 3.91. The van der Waals surface area contributed by atoms with E-state index < -0.39 is 17.2 Å².